The van der Waals surface area contributed by atoms with E-state index in [-0.39, 0.29) is 35.7 Å². The predicted molar refractivity (Wildman–Crippen MR) is 86.4 cm³/mol. The molecule has 3 rings (SSSR count). The van der Waals surface area contributed by atoms with Gasteiger partial charge in [-0.1, -0.05) is 0 Å². The fraction of sp³-hybridized carbons (Fsp3) is 0.438. The van der Waals surface area contributed by atoms with E-state index in [1.54, 1.807) is 17.2 Å². The van der Waals surface area contributed by atoms with Crippen molar-refractivity contribution in [2.45, 2.75) is 25.8 Å². The van der Waals surface area contributed by atoms with Crippen molar-refractivity contribution in [3.05, 3.63) is 35.8 Å². The minimum Gasteiger partial charge on any atom is -0.361 e. The van der Waals surface area contributed by atoms with Crippen LogP contribution in [0.15, 0.2) is 24.4 Å². The molecule has 7 heteroatoms. The van der Waals surface area contributed by atoms with Gasteiger partial charge < -0.3 is 9.88 Å². The van der Waals surface area contributed by atoms with Crippen LogP contribution in [0.1, 0.15) is 18.9 Å². The third-order valence-electron chi connectivity index (χ3n) is 4.38. The van der Waals surface area contributed by atoms with Crippen LogP contribution in [0.3, 0.4) is 0 Å². The summed E-state index contributed by atoms with van der Waals surface area (Å²) in [7, 11) is -3.04. The number of hydrogen-bond acceptors (Lipinski definition) is 3. The average Bonchev–Trinajstić information content (AvgIpc) is 3.03. The van der Waals surface area contributed by atoms with Crippen LogP contribution in [0.5, 0.6) is 0 Å². The Hall–Kier alpha value is -1.89. The molecule has 0 spiro atoms. The first-order valence-corrected chi connectivity index (χ1v) is 9.47. The molecule has 0 saturated carbocycles. The maximum atomic E-state index is 13.4. The van der Waals surface area contributed by atoms with Gasteiger partial charge in [0, 0.05) is 29.7 Å². The van der Waals surface area contributed by atoms with Crippen LogP contribution in [0.25, 0.3) is 10.9 Å². The SMILES string of the molecule is CCN(C(=O)Cc1c[nH]c2ccc(F)cc12)C1CCS(=O)(=O)C1. The van der Waals surface area contributed by atoms with Gasteiger partial charge >= 0.3 is 0 Å². The minimum absolute atomic E-state index is 0.0368. The normalized spacial score (nSPS) is 20.0. The molecular weight excluding hydrogens is 319 g/mol. The maximum absolute atomic E-state index is 13.4. The van der Waals surface area contributed by atoms with Gasteiger partial charge in [-0.15, -0.1) is 0 Å². The van der Waals surface area contributed by atoms with E-state index in [0.29, 0.717) is 18.4 Å². The van der Waals surface area contributed by atoms with E-state index in [9.17, 15) is 17.6 Å². The summed E-state index contributed by atoms with van der Waals surface area (Å²) >= 11 is 0. The zero-order valence-electron chi connectivity index (χ0n) is 12.9. The number of amides is 1. The highest BCUT2D eigenvalue weighted by Gasteiger charge is 2.33. The first-order valence-electron chi connectivity index (χ1n) is 7.65. The zero-order valence-corrected chi connectivity index (χ0v) is 13.7. The quantitative estimate of drug-likeness (QED) is 0.925. The first kappa shape index (κ1) is 16.0. The summed E-state index contributed by atoms with van der Waals surface area (Å²) in [6.45, 7) is 2.31. The van der Waals surface area contributed by atoms with Crippen molar-refractivity contribution in [2.75, 3.05) is 18.1 Å². The topological polar surface area (TPSA) is 70.2 Å². The van der Waals surface area contributed by atoms with Gasteiger partial charge in [-0.05, 0) is 37.1 Å². The molecule has 2 aromatic rings. The molecule has 1 aromatic heterocycles. The van der Waals surface area contributed by atoms with Crippen LogP contribution in [0, 0.1) is 5.82 Å². The number of halogens is 1. The number of likely N-dealkylation sites (N-methyl/N-ethyl adjacent to an activating group) is 1. The number of carbonyl (C=O) groups excluding carboxylic acids is 1. The lowest BCUT2D eigenvalue weighted by atomic mass is 10.1. The second kappa shape index (κ2) is 5.96. The summed E-state index contributed by atoms with van der Waals surface area (Å²) in [4.78, 5) is 17.2. The highest BCUT2D eigenvalue weighted by Crippen LogP contribution is 2.22. The second-order valence-electron chi connectivity index (χ2n) is 5.92. The number of nitrogens with zero attached hydrogens (tertiary/aromatic N) is 1. The number of H-pyrrole nitrogens is 1. The molecule has 1 saturated heterocycles. The van der Waals surface area contributed by atoms with Crippen LogP contribution >= 0.6 is 0 Å². The summed E-state index contributed by atoms with van der Waals surface area (Å²) in [5.74, 6) is -0.297. The van der Waals surface area contributed by atoms with Crippen LogP contribution < -0.4 is 0 Å². The molecule has 1 aliphatic rings. The number of rotatable bonds is 4. The molecule has 0 aliphatic carbocycles. The smallest absolute Gasteiger partial charge is 0.227 e. The molecular formula is C16H19FN2O3S. The Morgan fingerprint density at radius 3 is 2.87 bits per heavy atom. The number of aromatic nitrogens is 1. The monoisotopic (exact) mass is 338 g/mol. The Bertz CT molecular complexity index is 844. The summed E-state index contributed by atoms with van der Waals surface area (Å²) in [5, 5.41) is 0.688. The van der Waals surface area contributed by atoms with Gasteiger partial charge in [0.1, 0.15) is 5.82 Å². The number of nitrogens with one attached hydrogen (secondary N) is 1. The standard InChI is InChI=1S/C16H19FN2O3S/c1-2-19(13-5-6-23(21,22)10-13)16(20)7-11-9-18-15-4-3-12(17)8-14(11)15/h3-4,8-9,13,18H,2,5-7,10H2,1H3. The van der Waals surface area contributed by atoms with E-state index >= 15 is 0 Å². The molecule has 1 N–H and O–H groups in total. The van der Waals surface area contributed by atoms with Crippen LogP contribution in [0.4, 0.5) is 4.39 Å². The van der Waals surface area contributed by atoms with Crippen molar-refractivity contribution < 1.29 is 17.6 Å². The van der Waals surface area contributed by atoms with Gasteiger partial charge in [0.25, 0.3) is 0 Å². The van der Waals surface area contributed by atoms with E-state index in [4.69, 9.17) is 0 Å². The molecule has 1 aliphatic heterocycles. The van der Waals surface area contributed by atoms with Gasteiger partial charge in [-0.3, -0.25) is 4.79 Å². The second-order valence-corrected chi connectivity index (χ2v) is 8.15. The van der Waals surface area contributed by atoms with E-state index < -0.39 is 9.84 Å². The molecule has 2 heterocycles. The van der Waals surface area contributed by atoms with Crippen molar-refractivity contribution in [3.8, 4) is 0 Å². The van der Waals surface area contributed by atoms with Crippen molar-refractivity contribution in [1.29, 1.82) is 0 Å². The summed E-state index contributed by atoms with van der Waals surface area (Å²) in [5.41, 5.74) is 1.50. The molecule has 1 fully saturated rings. The number of aromatic amines is 1. The minimum atomic E-state index is -3.04. The number of fused-ring (bicyclic) bond motifs is 1. The lowest BCUT2D eigenvalue weighted by Gasteiger charge is -2.26. The first-order chi connectivity index (χ1) is 10.9. The molecule has 1 amide bonds. The Balaban J connectivity index is 1.80. The summed E-state index contributed by atoms with van der Waals surface area (Å²) in [6.07, 6.45) is 2.33. The van der Waals surface area contributed by atoms with Crippen LogP contribution in [-0.4, -0.2) is 48.3 Å². The molecule has 5 nitrogen and oxygen atoms in total. The van der Waals surface area contributed by atoms with Crippen LogP contribution in [0.2, 0.25) is 0 Å². The largest absolute Gasteiger partial charge is 0.361 e. The van der Waals surface area contributed by atoms with Crippen molar-refractivity contribution in [1.82, 2.24) is 9.88 Å². The summed E-state index contributed by atoms with van der Waals surface area (Å²) in [6, 6.07) is 4.16. The number of benzene rings is 1. The fourth-order valence-corrected chi connectivity index (χ4v) is 4.95. The summed E-state index contributed by atoms with van der Waals surface area (Å²) < 4.78 is 36.7. The number of carbonyl (C=O) groups is 1. The molecule has 0 radical (unpaired) electrons. The zero-order chi connectivity index (χ0) is 16.6. The predicted octanol–water partition coefficient (Wildman–Crippen LogP) is 1.89. The lowest BCUT2D eigenvalue weighted by molar-refractivity contribution is -0.132. The van der Waals surface area contributed by atoms with E-state index in [0.717, 1.165) is 11.1 Å². The van der Waals surface area contributed by atoms with Gasteiger partial charge in [0.15, 0.2) is 9.84 Å². The van der Waals surface area contributed by atoms with Gasteiger partial charge in [-0.25, -0.2) is 12.8 Å². The van der Waals surface area contributed by atoms with Crippen molar-refractivity contribution in [2.24, 2.45) is 0 Å². The number of hydrogen-bond donors (Lipinski definition) is 1. The Morgan fingerprint density at radius 1 is 1.43 bits per heavy atom. The molecule has 1 unspecified atom stereocenters. The molecule has 0 bridgehead atoms. The Morgan fingerprint density at radius 2 is 2.22 bits per heavy atom. The van der Waals surface area contributed by atoms with Crippen molar-refractivity contribution in [3.63, 3.8) is 0 Å². The van der Waals surface area contributed by atoms with E-state index in [2.05, 4.69) is 4.98 Å². The highest BCUT2D eigenvalue weighted by atomic mass is 32.2. The van der Waals surface area contributed by atoms with E-state index in [1.165, 1.54) is 12.1 Å². The van der Waals surface area contributed by atoms with Gasteiger partial charge in [0.2, 0.25) is 5.91 Å². The Kier molecular flexibility index (Phi) is 4.14. The molecule has 1 aromatic carbocycles. The van der Waals surface area contributed by atoms with Crippen LogP contribution in [-0.2, 0) is 21.1 Å². The van der Waals surface area contributed by atoms with E-state index in [1.807, 2.05) is 6.92 Å². The highest BCUT2D eigenvalue weighted by molar-refractivity contribution is 7.91. The van der Waals surface area contributed by atoms with Gasteiger partial charge in [0.05, 0.1) is 17.9 Å². The number of sulfone groups is 1. The fourth-order valence-electron chi connectivity index (χ4n) is 3.22. The van der Waals surface area contributed by atoms with Crippen molar-refractivity contribution >= 4 is 26.6 Å². The third-order valence-corrected chi connectivity index (χ3v) is 6.13. The molecule has 124 valence electrons. The maximum Gasteiger partial charge on any atom is 0.227 e. The lowest BCUT2D eigenvalue weighted by Crippen LogP contribution is -2.41. The Labute approximate surface area is 134 Å². The third kappa shape index (κ3) is 3.24. The molecule has 1 atom stereocenters. The average molecular weight is 338 g/mol. The van der Waals surface area contributed by atoms with Gasteiger partial charge in [-0.2, -0.15) is 0 Å². The molecule has 23 heavy (non-hydrogen) atoms.